The molecular formula is C26H36O2. The number of Topliss-reactive ketones (excluding diaryl/α,β-unsaturated/α-hetero) is 1. The summed E-state index contributed by atoms with van der Waals surface area (Å²) in [6.07, 6.45) is 13.6. The maximum Gasteiger partial charge on any atom is 0.159 e. The van der Waals surface area contributed by atoms with E-state index < -0.39 is 0 Å². The first kappa shape index (κ1) is 21.0. The van der Waals surface area contributed by atoms with Crippen LogP contribution in [0.15, 0.2) is 30.3 Å². The standard InChI is InChI=1S/C26H36O2/c1-3-5-6-7-22-16-17-24(18-26(22)28)21-10-8-19(9-11-21)20-12-14-23(15-13-20)25(27)4-2/h8-11,18,20,22-23H,3-7,12-17H2,1-2H3. The number of rotatable bonds is 8. The lowest BCUT2D eigenvalue weighted by Crippen LogP contribution is -2.20. The second-order valence-corrected chi connectivity index (χ2v) is 8.79. The molecule has 28 heavy (non-hydrogen) atoms. The molecule has 3 rings (SSSR count). The third kappa shape index (κ3) is 5.21. The molecule has 0 saturated heterocycles. The van der Waals surface area contributed by atoms with Crippen LogP contribution < -0.4 is 0 Å². The molecule has 0 aromatic heterocycles. The Morgan fingerprint density at radius 1 is 0.964 bits per heavy atom. The van der Waals surface area contributed by atoms with E-state index in [0.717, 1.165) is 44.9 Å². The van der Waals surface area contributed by atoms with Crippen molar-refractivity contribution in [3.05, 3.63) is 41.5 Å². The van der Waals surface area contributed by atoms with E-state index in [1.165, 1.54) is 36.0 Å². The fraction of sp³-hybridized carbons (Fsp3) is 0.615. The van der Waals surface area contributed by atoms with Gasteiger partial charge in [0, 0.05) is 18.3 Å². The maximum absolute atomic E-state index is 12.5. The van der Waals surface area contributed by atoms with Gasteiger partial charge in [-0.1, -0.05) is 57.4 Å². The van der Waals surface area contributed by atoms with Gasteiger partial charge in [-0.05, 0) is 73.6 Å². The number of allylic oxidation sites excluding steroid dienone is 2. The Labute approximate surface area is 170 Å². The van der Waals surface area contributed by atoms with Crippen LogP contribution in [-0.2, 0) is 9.59 Å². The summed E-state index contributed by atoms with van der Waals surface area (Å²) in [5.41, 5.74) is 3.81. The lowest BCUT2D eigenvalue weighted by molar-refractivity contribution is -0.123. The highest BCUT2D eigenvalue weighted by atomic mass is 16.1. The molecular weight excluding hydrogens is 344 g/mol. The third-order valence-corrected chi connectivity index (χ3v) is 6.92. The van der Waals surface area contributed by atoms with Crippen LogP contribution in [0.4, 0.5) is 0 Å². The largest absolute Gasteiger partial charge is 0.299 e. The van der Waals surface area contributed by atoms with Gasteiger partial charge in [0.2, 0.25) is 0 Å². The fourth-order valence-corrected chi connectivity index (χ4v) is 5.00. The normalized spacial score (nSPS) is 25.4. The average molecular weight is 381 g/mol. The highest BCUT2D eigenvalue weighted by Crippen LogP contribution is 2.37. The monoisotopic (exact) mass is 380 g/mol. The van der Waals surface area contributed by atoms with E-state index in [-0.39, 0.29) is 5.92 Å². The summed E-state index contributed by atoms with van der Waals surface area (Å²) in [6, 6.07) is 8.91. The zero-order valence-electron chi connectivity index (χ0n) is 17.7. The van der Waals surface area contributed by atoms with Crippen LogP contribution in [-0.4, -0.2) is 11.6 Å². The smallest absolute Gasteiger partial charge is 0.159 e. The van der Waals surface area contributed by atoms with Gasteiger partial charge < -0.3 is 0 Å². The van der Waals surface area contributed by atoms with Crippen molar-refractivity contribution in [2.45, 2.75) is 90.4 Å². The van der Waals surface area contributed by atoms with E-state index >= 15 is 0 Å². The van der Waals surface area contributed by atoms with Gasteiger partial charge in [0.15, 0.2) is 5.78 Å². The molecule has 152 valence electrons. The number of carbonyl (C=O) groups is 2. The molecule has 2 aliphatic carbocycles. The molecule has 1 aromatic carbocycles. The Bertz CT molecular complexity index is 690. The van der Waals surface area contributed by atoms with Crippen LogP contribution in [0.5, 0.6) is 0 Å². The van der Waals surface area contributed by atoms with Crippen molar-refractivity contribution in [3.63, 3.8) is 0 Å². The summed E-state index contributed by atoms with van der Waals surface area (Å²) in [7, 11) is 0. The highest BCUT2D eigenvalue weighted by molar-refractivity contribution is 5.99. The Balaban J connectivity index is 1.57. The van der Waals surface area contributed by atoms with Crippen LogP contribution in [0.1, 0.15) is 102 Å². The summed E-state index contributed by atoms with van der Waals surface area (Å²) in [4.78, 5) is 24.4. The van der Waals surface area contributed by atoms with Crippen molar-refractivity contribution < 1.29 is 9.59 Å². The van der Waals surface area contributed by atoms with E-state index in [2.05, 4.69) is 31.2 Å². The Morgan fingerprint density at radius 3 is 2.29 bits per heavy atom. The zero-order chi connectivity index (χ0) is 19.9. The zero-order valence-corrected chi connectivity index (χ0v) is 17.7. The van der Waals surface area contributed by atoms with Crippen molar-refractivity contribution in [1.82, 2.24) is 0 Å². The molecule has 1 aromatic rings. The third-order valence-electron chi connectivity index (χ3n) is 6.92. The number of ketones is 2. The first-order chi connectivity index (χ1) is 13.6. The second-order valence-electron chi connectivity index (χ2n) is 8.79. The van der Waals surface area contributed by atoms with Crippen molar-refractivity contribution in [2.24, 2.45) is 11.8 Å². The van der Waals surface area contributed by atoms with Gasteiger partial charge in [-0.15, -0.1) is 0 Å². The molecule has 2 nitrogen and oxygen atoms in total. The molecule has 2 aliphatic rings. The van der Waals surface area contributed by atoms with Gasteiger partial charge in [0.1, 0.15) is 5.78 Å². The number of hydrogen-bond donors (Lipinski definition) is 0. The van der Waals surface area contributed by atoms with E-state index in [0.29, 0.717) is 29.8 Å². The summed E-state index contributed by atoms with van der Waals surface area (Å²) in [6.45, 7) is 4.19. The predicted molar refractivity (Wildman–Crippen MR) is 116 cm³/mol. The van der Waals surface area contributed by atoms with E-state index in [9.17, 15) is 9.59 Å². The van der Waals surface area contributed by atoms with E-state index in [1.54, 1.807) is 0 Å². The molecule has 0 N–H and O–H groups in total. The predicted octanol–water partition coefficient (Wildman–Crippen LogP) is 6.88. The number of benzene rings is 1. The summed E-state index contributed by atoms with van der Waals surface area (Å²) in [5.74, 6) is 1.90. The van der Waals surface area contributed by atoms with E-state index in [1.807, 2.05) is 13.0 Å². The van der Waals surface area contributed by atoms with Crippen molar-refractivity contribution >= 4 is 17.1 Å². The van der Waals surface area contributed by atoms with Gasteiger partial charge in [0.05, 0.1) is 0 Å². The Kier molecular flexibility index (Phi) is 7.65. The molecule has 0 aliphatic heterocycles. The number of unbranched alkanes of at least 4 members (excludes halogenated alkanes) is 2. The minimum Gasteiger partial charge on any atom is -0.299 e. The lowest BCUT2D eigenvalue weighted by Gasteiger charge is -2.28. The van der Waals surface area contributed by atoms with E-state index in [4.69, 9.17) is 0 Å². The number of hydrogen-bond acceptors (Lipinski definition) is 2. The highest BCUT2D eigenvalue weighted by Gasteiger charge is 2.26. The van der Waals surface area contributed by atoms with Gasteiger partial charge in [0.25, 0.3) is 0 Å². The minimum absolute atomic E-state index is 0.246. The van der Waals surface area contributed by atoms with Crippen molar-refractivity contribution in [3.8, 4) is 0 Å². The molecule has 0 radical (unpaired) electrons. The lowest BCUT2D eigenvalue weighted by atomic mass is 9.76. The molecule has 2 heteroatoms. The van der Waals surface area contributed by atoms with Crippen molar-refractivity contribution in [1.29, 1.82) is 0 Å². The topological polar surface area (TPSA) is 34.1 Å². The molecule has 0 amide bonds. The summed E-state index contributed by atoms with van der Waals surface area (Å²) >= 11 is 0. The first-order valence-corrected chi connectivity index (χ1v) is 11.5. The first-order valence-electron chi connectivity index (χ1n) is 11.5. The summed E-state index contributed by atoms with van der Waals surface area (Å²) < 4.78 is 0. The Morgan fingerprint density at radius 2 is 1.68 bits per heavy atom. The Hall–Kier alpha value is -1.70. The van der Waals surface area contributed by atoms with Gasteiger partial charge in [-0.25, -0.2) is 0 Å². The fourth-order valence-electron chi connectivity index (χ4n) is 5.00. The molecule has 0 spiro atoms. The quantitative estimate of drug-likeness (QED) is 0.460. The van der Waals surface area contributed by atoms with Gasteiger partial charge >= 0.3 is 0 Å². The molecule has 1 unspecified atom stereocenters. The van der Waals surface area contributed by atoms with Crippen LogP contribution in [0.2, 0.25) is 0 Å². The molecule has 1 fully saturated rings. The second kappa shape index (κ2) is 10.2. The minimum atomic E-state index is 0.246. The molecule has 1 saturated carbocycles. The van der Waals surface area contributed by atoms with Gasteiger partial charge in [-0.2, -0.15) is 0 Å². The average Bonchev–Trinajstić information content (AvgIpc) is 2.74. The van der Waals surface area contributed by atoms with Crippen LogP contribution >= 0.6 is 0 Å². The van der Waals surface area contributed by atoms with Crippen LogP contribution in [0.25, 0.3) is 5.57 Å². The molecule has 1 atom stereocenters. The van der Waals surface area contributed by atoms with Gasteiger partial charge in [-0.3, -0.25) is 9.59 Å². The van der Waals surface area contributed by atoms with Crippen LogP contribution in [0, 0.1) is 11.8 Å². The molecule has 0 heterocycles. The summed E-state index contributed by atoms with van der Waals surface area (Å²) in [5, 5.41) is 0. The van der Waals surface area contributed by atoms with Crippen molar-refractivity contribution in [2.75, 3.05) is 0 Å². The number of carbonyl (C=O) groups excluding carboxylic acids is 2. The molecule has 0 bridgehead atoms. The van der Waals surface area contributed by atoms with Crippen LogP contribution in [0.3, 0.4) is 0 Å². The SMILES string of the molecule is CCCCCC1CCC(c2ccc(C3CCC(C(=O)CC)CC3)cc2)=CC1=O. The maximum atomic E-state index is 12.5.